The van der Waals surface area contributed by atoms with E-state index in [0.29, 0.717) is 12.4 Å². The molecule has 0 aliphatic carbocycles. The molecule has 0 unspecified atom stereocenters. The molecule has 104 valence electrons. The number of aryl methyl sites for hydroxylation is 1. The average Bonchev–Trinajstić information content (AvgIpc) is 2.40. The summed E-state index contributed by atoms with van der Waals surface area (Å²) in [6.07, 6.45) is 0. The lowest BCUT2D eigenvalue weighted by Gasteiger charge is -2.10. The van der Waals surface area contributed by atoms with Gasteiger partial charge >= 0.3 is 5.97 Å². The second kappa shape index (κ2) is 6.74. The SMILES string of the molecule is CC(=O)Oc1ccc(OCc2ccccc2I)cc1C. The van der Waals surface area contributed by atoms with Crippen LogP contribution in [0.25, 0.3) is 0 Å². The largest absolute Gasteiger partial charge is 0.489 e. The average molecular weight is 382 g/mol. The number of benzene rings is 2. The summed E-state index contributed by atoms with van der Waals surface area (Å²) in [7, 11) is 0. The maximum absolute atomic E-state index is 10.9. The van der Waals surface area contributed by atoms with Gasteiger partial charge in [-0.3, -0.25) is 4.79 Å². The molecule has 20 heavy (non-hydrogen) atoms. The van der Waals surface area contributed by atoms with Crippen LogP contribution in [0.5, 0.6) is 11.5 Å². The van der Waals surface area contributed by atoms with Gasteiger partial charge in [-0.1, -0.05) is 18.2 Å². The Bertz CT molecular complexity index is 623. The molecule has 0 spiro atoms. The first-order valence-electron chi connectivity index (χ1n) is 6.21. The summed E-state index contributed by atoms with van der Waals surface area (Å²) in [5, 5.41) is 0. The standard InChI is InChI=1S/C16H15IO3/c1-11-9-14(7-8-16(11)20-12(2)18)19-10-13-5-3-4-6-15(13)17/h3-9H,10H2,1-2H3. The van der Waals surface area contributed by atoms with Crippen LogP contribution < -0.4 is 9.47 Å². The van der Waals surface area contributed by atoms with Gasteiger partial charge in [0.05, 0.1) is 0 Å². The first kappa shape index (κ1) is 14.8. The Morgan fingerprint density at radius 3 is 2.60 bits per heavy atom. The van der Waals surface area contributed by atoms with E-state index >= 15 is 0 Å². The molecule has 2 aromatic rings. The molecular weight excluding hydrogens is 367 g/mol. The highest BCUT2D eigenvalue weighted by molar-refractivity contribution is 14.1. The van der Waals surface area contributed by atoms with Crippen molar-refractivity contribution in [2.45, 2.75) is 20.5 Å². The van der Waals surface area contributed by atoms with Gasteiger partial charge in [-0.05, 0) is 59.3 Å². The second-order valence-corrected chi connectivity index (χ2v) is 5.56. The normalized spacial score (nSPS) is 10.2. The van der Waals surface area contributed by atoms with Crippen LogP contribution in [-0.2, 0) is 11.4 Å². The van der Waals surface area contributed by atoms with Crippen LogP contribution in [0.3, 0.4) is 0 Å². The van der Waals surface area contributed by atoms with Crippen LogP contribution in [0, 0.1) is 10.5 Å². The Hall–Kier alpha value is -1.56. The Balaban J connectivity index is 2.06. The highest BCUT2D eigenvalue weighted by atomic mass is 127. The molecule has 0 saturated heterocycles. The third kappa shape index (κ3) is 3.96. The van der Waals surface area contributed by atoms with Gasteiger partial charge in [0.15, 0.2) is 0 Å². The molecule has 0 N–H and O–H groups in total. The highest BCUT2D eigenvalue weighted by Gasteiger charge is 2.05. The third-order valence-corrected chi connectivity index (χ3v) is 3.80. The molecule has 0 aromatic heterocycles. The van der Waals surface area contributed by atoms with Gasteiger partial charge in [0, 0.05) is 16.1 Å². The summed E-state index contributed by atoms with van der Waals surface area (Å²) in [5.41, 5.74) is 2.02. The minimum Gasteiger partial charge on any atom is -0.489 e. The fourth-order valence-electron chi connectivity index (χ4n) is 1.76. The van der Waals surface area contributed by atoms with Crippen LogP contribution >= 0.6 is 22.6 Å². The predicted molar refractivity (Wildman–Crippen MR) is 86.0 cm³/mol. The van der Waals surface area contributed by atoms with Crippen molar-refractivity contribution < 1.29 is 14.3 Å². The Kier molecular flexibility index (Phi) is 5.00. The summed E-state index contributed by atoms with van der Waals surface area (Å²) < 4.78 is 12.0. The molecule has 0 heterocycles. The van der Waals surface area contributed by atoms with Gasteiger partial charge in [0.2, 0.25) is 0 Å². The van der Waals surface area contributed by atoms with Gasteiger partial charge in [0.25, 0.3) is 0 Å². The molecule has 0 atom stereocenters. The van der Waals surface area contributed by atoms with Crippen LogP contribution in [0.4, 0.5) is 0 Å². The van der Waals surface area contributed by atoms with Crippen molar-refractivity contribution in [2.24, 2.45) is 0 Å². The van der Waals surface area contributed by atoms with Crippen LogP contribution in [0.1, 0.15) is 18.1 Å². The number of hydrogen-bond acceptors (Lipinski definition) is 3. The van der Waals surface area contributed by atoms with Crippen LogP contribution in [-0.4, -0.2) is 5.97 Å². The molecule has 0 amide bonds. The van der Waals surface area contributed by atoms with E-state index in [0.717, 1.165) is 16.9 Å². The summed E-state index contributed by atoms with van der Waals surface area (Å²) >= 11 is 2.29. The number of esters is 1. The van der Waals surface area contributed by atoms with Crippen molar-refractivity contribution in [2.75, 3.05) is 0 Å². The molecular formula is C16H15IO3. The van der Waals surface area contributed by atoms with Crippen molar-refractivity contribution in [3.8, 4) is 11.5 Å². The van der Waals surface area contributed by atoms with E-state index in [4.69, 9.17) is 9.47 Å². The van der Waals surface area contributed by atoms with E-state index in [1.165, 1.54) is 10.5 Å². The van der Waals surface area contributed by atoms with Gasteiger partial charge in [0.1, 0.15) is 18.1 Å². The van der Waals surface area contributed by atoms with Crippen LogP contribution in [0.2, 0.25) is 0 Å². The monoisotopic (exact) mass is 382 g/mol. The van der Waals surface area contributed by atoms with Crippen molar-refractivity contribution in [1.82, 2.24) is 0 Å². The zero-order valence-electron chi connectivity index (χ0n) is 11.4. The Labute approximate surface area is 132 Å². The lowest BCUT2D eigenvalue weighted by molar-refractivity contribution is -0.131. The molecule has 2 rings (SSSR count). The lowest BCUT2D eigenvalue weighted by atomic mass is 10.2. The maximum atomic E-state index is 10.9. The van der Waals surface area contributed by atoms with Gasteiger partial charge < -0.3 is 9.47 Å². The molecule has 0 radical (unpaired) electrons. The first-order chi connectivity index (χ1) is 9.56. The summed E-state index contributed by atoms with van der Waals surface area (Å²) in [4.78, 5) is 10.9. The minimum absolute atomic E-state index is 0.319. The molecule has 0 aliphatic rings. The van der Waals surface area contributed by atoms with Crippen LogP contribution in [0.15, 0.2) is 42.5 Å². The number of hydrogen-bond donors (Lipinski definition) is 0. The van der Waals surface area contributed by atoms with Crippen molar-refractivity contribution in [1.29, 1.82) is 0 Å². The second-order valence-electron chi connectivity index (χ2n) is 4.40. The zero-order chi connectivity index (χ0) is 14.5. The van der Waals surface area contributed by atoms with Gasteiger partial charge in [-0.2, -0.15) is 0 Å². The Morgan fingerprint density at radius 1 is 1.20 bits per heavy atom. The molecule has 2 aromatic carbocycles. The zero-order valence-corrected chi connectivity index (χ0v) is 13.5. The van der Waals surface area contributed by atoms with E-state index in [9.17, 15) is 4.79 Å². The number of halogens is 1. The molecule has 0 saturated carbocycles. The third-order valence-electron chi connectivity index (χ3n) is 2.75. The molecule has 4 heteroatoms. The summed E-state index contributed by atoms with van der Waals surface area (Å²) in [6, 6.07) is 13.5. The van der Waals surface area contributed by atoms with Crippen molar-refractivity contribution >= 4 is 28.6 Å². The Morgan fingerprint density at radius 2 is 1.95 bits per heavy atom. The van der Waals surface area contributed by atoms with Crippen molar-refractivity contribution in [3.05, 3.63) is 57.2 Å². The number of carbonyl (C=O) groups excluding carboxylic acids is 1. The number of rotatable bonds is 4. The molecule has 0 bridgehead atoms. The van der Waals surface area contributed by atoms with E-state index in [2.05, 4.69) is 22.6 Å². The fraction of sp³-hybridized carbons (Fsp3) is 0.188. The lowest BCUT2D eigenvalue weighted by Crippen LogP contribution is -2.03. The van der Waals surface area contributed by atoms with Gasteiger partial charge in [-0.25, -0.2) is 0 Å². The molecule has 3 nitrogen and oxygen atoms in total. The minimum atomic E-state index is -0.319. The van der Waals surface area contributed by atoms with E-state index in [1.54, 1.807) is 12.1 Å². The number of ether oxygens (including phenoxy) is 2. The van der Waals surface area contributed by atoms with E-state index in [1.807, 2.05) is 37.3 Å². The topological polar surface area (TPSA) is 35.5 Å². The fourth-order valence-corrected chi connectivity index (χ4v) is 2.30. The summed E-state index contributed by atoms with van der Waals surface area (Å²) in [6.45, 7) is 3.80. The van der Waals surface area contributed by atoms with E-state index in [-0.39, 0.29) is 5.97 Å². The van der Waals surface area contributed by atoms with E-state index < -0.39 is 0 Å². The highest BCUT2D eigenvalue weighted by Crippen LogP contribution is 2.24. The number of carbonyl (C=O) groups is 1. The predicted octanol–water partition coefficient (Wildman–Crippen LogP) is 4.10. The van der Waals surface area contributed by atoms with Crippen molar-refractivity contribution in [3.63, 3.8) is 0 Å². The maximum Gasteiger partial charge on any atom is 0.308 e. The molecule has 0 fully saturated rings. The smallest absolute Gasteiger partial charge is 0.308 e. The van der Waals surface area contributed by atoms with Gasteiger partial charge in [-0.15, -0.1) is 0 Å². The summed E-state index contributed by atoms with van der Waals surface area (Å²) in [5.74, 6) is 1.01. The molecule has 0 aliphatic heterocycles. The quantitative estimate of drug-likeness (QED) is 0.454. The first-order valence-corrected chi connectivity index (χ1v) is 7.29.